The molecule has 0 heterocycles. The summed E-state index contributed by atoms with van der Waals surface area (Å²) < 4.78 is 0. The van der Waals surface area contributed by atoms with E-state index in [2.05, 4.69) is 172 Å². The number of benzene rings is 9. The maximum atomic E-state index is 2.39. The Hall–Kier alpha value is -5.72. The Morgan fingerprint density at radius 3 is 1.50 bits per heavy atom. The summed E-state index contributed by atoms with van der Waals surface area (Å²) in [5.74, 6) is 0. The van der Waals surface area contributed by atoms with Gasteiger partial charge in [0, 0.05) is 0 Å². The smallest absolute Gasteiger partial charge is 0.00697 e. The second-order valence-corrected chi connectivity index (χ2v) is 12.6. The van der Waals surface area contributed by atoms with Crippen molar-refractivity contribution in [3.63, 3.8) is 0 Å². The van der Waals surface area contributed by atoms with E-state index in [1.54, 1.807) is 0 Å². The van der Waals surface area contributed by atoms with Crippen LogP contribution in [-0.2, 0) is 0 Å². The monoisotopic (exact) mass is 584 g/mol. The topological polar surface area (TPSA) is 0 Å². The Labute approximate surface area is 269 Å². The minimum Gasteiger partial charge on any atom is -0.0620 e. The minimum atomic E-state index is 1.23. The fraction of sp³-hybridized carbons (Fsp3) is 0.0435. The van der Waals surface area contributed by atoms with Gasteiger partial charge in [-0.2, -0.15) is 0 Å². The quantitative estimate of drug-likeness (QED) is 0.181. The maximum absolute atomic E-state index is 2.39. The van der Waals surface area contributed by atoms with Crippen molar-refractivity contribution in [1.29, 1.82) is 0 Å². The number of hydrogen-bond donors (Lipinski definition) is 0. The summed E-state index contributed by atoms with van der Waals surface area (Å²) in [5.41, 5.74) is 10.2. The summed E-state index contributed by atoms with van der Waals surface area (Å²) in [4.78, 5) is 0. The van der Waals surface area contributed by atoms with Crippen LogP contribution >= 0.6 is 0 Å². The molecule has 0 radical (unpaired) electrons. The predicted octanol–water partition coefficient (Wildman–Crippen LogP) is 13.1. The van der Waals surface area contributed by atoms with Crippen LogP contribution in [0.15, 0.2) is 158 Å². The molecule has 0 N–H and O–H groups in total. The van der Waals surface area contributed by atoms with Crippen molar-refractivity contribution in [3.8, 4) is 33.4 Å². The first-order valence-electron chi connectivity index (χ1n) is 16.1. The lowest BCUT2D eigenvalue weighted by molar-refractivity contribution is 1.43. The molecule has 0 saturated carbocycles. The zero-order chi connectivity index (χ0) is 30.8. The van der Waals surface area contributed by atoms with Crippen molar-refractivity contribution < 1.29 is 0 Å². The molecule has 0 aliphatic carbocycles. The third kappa shape index (κ3) is 4.15. The zero-order valence-corrected chi connectivity index (χ0v) is 26.0. The van der Waals surface area contributed by atoms with E-state index in [9.17, 15) is 0 Å². The molecular formula is C46H32. The minimum absolute atomic E-state index is 1.23. The summed E-state index contributed by atoms with van der Waals surface area (Å²) in [7, 11) is 0. The maximum Gasteiger partial charge on any atom is -0.00697 e. The molecule has 0 aliphatic rings. The molecule has 0 bridgehead atoms. The van der Waals surface area contributed by atoms with Crippen LogP contribution in [0.25, 0.3) is 87.2 Å². The fourth-order valence-corrected chi connectivity index (χ4v) is 7.64. The molecule has 0 nitrogen and oxygen atoms in total. The van der Waals surface area contributed by atoms with Crippen LogP contribution in [0.4, 0.5) is 0 Å². The summed E-state index contributed by atoms with van der Waals surface area (Å²) in [5, 5.41) is 13.0. The molecule has 0 heteroatoms. The molecule has 216 valence electrons. The molecule has 0 aromatic heterocycles. The van der Waals surface area contributed by atoms with Crippen LogP contribution in [0.2, 0.25) is 0 Å². The first kappa shape index (κ1) is 26.7. The van der Waals surface area contributed by atoms with Gasteiger partial charge in [0.1, 0.15) is 0 Å². The Balaban J connectivity index is 1.20. The largest absolute Gasteiger partial charge is 0.0620 e. The zero-order valence-electron chi connectivity index (χ0n) is 26.0. The van der Waals surface area contributed by atoms with Crippen molar-refractivity contribution in [2.45, 2.75) is 13.8 Å². The van der Waals surface area contributed by atoms with E-state index in [1.807, 2.05) is 0 Å². The Morgan fingerprint density at radius 2 is 0.804 bits per heavy atom. The second-order valence-electron chi connectivity index (χ2n) is 12.6. The van der Waals surface area contributed by atoms with Gasteiger partial charge < -0.3 is 0 Å². The van der Waals surface area contributed by atoms with Crippen molar-refractivity contribution in [1.82, 2.24) is 0 Å². The van der Waals surface area contributed by atoms with E-state index in [0.29, 0.717) is 0 Å². The van der Waals surface area contributed by atoms with E-state index < -0.39 is 0 Å². The highest BCUT2D eigenvalue weighted by molar-refractivity contribution is 6.25. The fourth-order valence-electron chi connectivity index (χ4n) is 7.64. The first-order valence-corrected chi connectivity index (χ1v) is 16.1. The van der Waals surface area contributed by atoms with Crippen molar-refractivity contribution in [2.75, 3.05) is 0 Å². The van der Waals surface area contributed by atoms with Crippen LogP contribution in [0.3, 0.4) is 0 Å². The molecule has 0 amide bonds. The molecule has 0 fully saturated rings. The normalized spacial score (nSPS) is 11.7. The average molecular weight is 585 g/mol. The molecule has 9 rings (SSSR count). The van der Waals surface area contributed by atoms with Crippen LogP contribution in [-0.4, -0.2) is 0 Å². The van der Waals surface area contributed by atoms with Gasteiger partial charge in [-0.3, -0.25) is 0 Å². The van der Waals surface area contributed by atoms with Gasteiger partial charge in [0.15, 0.2) is 0 Å². The van der Waals surface area contributed by atoms with E-state index >= 15 is 0 Å². The molecule has 46 heavy (non-hydrogen) atoms. The lowest BCUT2D eigenvalue weighted by Crippen LogP contribution is -1.90. The molecule has 9 aromatic carbocycles. The lowest BCUT2D eigenvalue weighted by atomic mass is 9.89. The number of fused-ring (bicyclic) bond motifs is 9. The predicted molar refractivity (Wildman–Crippen MR) is 200 cm³/mol. The first-order chi connectivity index (χ1) is 22.6. The highest BCUT2D eigenvalue weighted by Crippen LogP contribution is 2.39. The molecule has 0 saturated heterocycles. The van der Waals surface area contributed by atoms with Crippen LogP contribution in [0, 0.1) is 13.8 Å². The van der Waals surface area contributed by atoms with Gasteiger partial charge in [0.05, 0.1) is 0 Å². The van der Waals surface area contributed by atoms with E-state index in [-0.39, 0.29) is 0 Å². The van der Waals surface area contributed by atoms with E-state index in [0.717, 1.165) is 0 Å². The third-order valence-corrected chi connectivity index (χ3v) is 9.97. The molecule has 0 aliphatic heterocycles. The number of rotatable bonds is 3. The Bertz CT molecular complexity index is 2620. The van der Waals surface area contributed by atoms with Gasteiger partial charge in [-0.1, -0.05) is 140 Å². The highest BCUT2D eigenvalue weighted by Gasteiger charge is 2.13. The van der Waals surface area contributed by atoms with Crippen LogP contribution in [0.5, 0.6) is 0 Å². The average Bonchev–Trinajstić information content (AvgIpc) is 3.12. The molecule has 0 unspecified atom stereocenters. The van der Waals surface area contributed by atoms with Gasteiger partial charge in [-0.05, 0) is 130 Å². The highest BCUT2D eigenvalue weighted by atomic mass is 14.2. The van der Waals surface area contributed by atoms with Crippen LogP contribution in [0.1, 0.15) is 11.1 Å². The van der Waals surface area contributed by atoms with Gasteiger partial charge in [-0.15, -0.1) is 0 Å². The van der Waals surface area contributed by atoms with Crippen molar-refractivity contribution in [3.05, 3.63) is 169 Å². The van der Waals surface area contributed by atoms with Crippen molar-refractivity contribution in [2.24, 2.45) is 0 Å². The van der Waals surface area contributed by atoms with Crippen molar-refractivity contribution >= 4 is 53.9 Å². The number of hydrogen-bond acceptors (Lipinski definition) is 0. The third-order valence-electron chi connectivity index (χ3n) is 9.97. The molecule has 0 spiro atoms. The standard InChI is InChI=1S/C46H32/c1-29-10-3-4-13-37(29)38-24-22-32-20-18-31-19-21-35(27-44(31)46(32)30(38)2)33-11-9-12-34(26-33)36-23-25-43-41-16-6-5-14-39(41)40-15-7-8-17-42(40)45(43)28-36/h3-28H,1-2H3. The Morgan fingerprint density at radius 1 is 0.304 bits per heavy atom. The van der Waals surface area contributed by atoms with Gasteiger partial charge >= 0.3 is 0 Å². The molecule has 0 atom stereocenters. The molecular weight excluding hydrogens is 553 g/mol. The molecule has 9 aromatic rings. The summed E-state index contributed by atoms with van der Waals surface area (Å²) in [6.07, 6.45) is 0. The summed E-state index contributed by atoms with van der Waals surface area (Å²) >= 11 is 0. The van der Waals surface area contributed by atoms with E-state index in [4.69, 9.17) is 0 Å². The second kappa shape index (κ2) is 10.4. The lowest BCUT2D eigenvalue weighted by Gasteiger charge is -2.15. The van der Waals surface area contributed by atoms with E-state index in [1.165, 1.54) is 98.4 Å². The number of aryl methyl sites for hydroxylation is 2. The Kier molecular flexibility index (Phi) is 6.05. The van der Waals surface area contributed by atoms with Crippen LogP contribution < -0.4 is 0 Å². The SMILES string of the molecule is Cc1ccccc1-c1ccc2ccc3ccc(-c4cccc(-c5ccc6c7ccccc7c7ccccc7c6c5)c4)cc3c2c1C. The summed E-state index contributed by atoms with van der Waals surface area (Å²) in [6.45, 7) is 4.48. The van der Waals surface area contributed by atoms with Gasteiger partial charge in [0.25, 0.3) is 0 Å². The van der Waals surface area contributed by atoms with Gasteiger partial charge in [-0.25, -0.2) is 0 Å². The summed E-state index contributed by atoms with van der Waals surface area (Å²) in [6, 6.07) is 58.3. The van der Waals surface area contributed by atoms with Gasteiger partial charge in [0.2, 0.25) is 0 Å².